The molecule has 2 N–H and O–H groups in total. The Kier molecular flexibility index (Phi) is 4.33. The molecular formula is C19H21N2O2+. The molecule has 23 heavy (non-hydrogen) atoms. The van der Waals surface area contributed by atoms with Crippen LogP contribution in [-0.4, -0.2) is 13.7 Å². The summed E-state index contributed by atoms with van der Waals surface area (Å²) in [5.74, 6) is 1.67. The van der Waals surface area contributed by atoms with Crippen molar-refractivity contribution < 1.29 is 14.5 Å². The third-order valence-electron chi connectivity index (χ3n) is 3.66. The van der Waals surface area contributed by atoms with Gasteiger partial charge in [0.15, 0.2) is 5.69 Å². The highest BCUT2D eigenvalue weighted by Crippen LogP contribution is 2.32. The lowest BCUT2D eigenvalue weighted by atomic mass is 10.1. The molecule has 4 heteroatoms. The van der Waals surface area contributed by atoms with E-state index in [9.17, 15) is 0 Å². The molecular weight excluding hydrogens is 288 g/mol. The summed E-state index contributed by atoms with van der Waals surface area (Å²) in [6.07, 6.45) is 0. The van der Waals surface area contributed by atoms with Crippen LogP contribution in [0.3, 0.4) is 0 Å². The number of aromatic amines is 1. The zero-order chi connectivity index (χ0) is 16.2. The smallest absolute Gasteiger partial charge is 0.213 e. The number of methoxy groups -OCH3 is 1. The predicted octanol–water partition coefficient (Wildman–Crippen LogP) is 4.11. The molecule has 3 aromatic rings. The first-order valence-corrected chi connectivity index (χ1v) is 7.71. The Balaban J connectivity index is 2.09. The molecule has 3 rings (SSSR count). The number of H-pyrrole nitrogens is 1. The Hall–Kier alpha value is -2.75. The number of benzene rings is 2. The van der Waals surface area contributed by atoms with Crippen LogP contribution in [0.25, 0.3) is 10.9 Å². The first kappa shape index (κ1) is 15.2. The molecule has 0 saturated heterocycles. The molecule has 118 valence electrons. The Morgan fingerprint density at radius 2 is 1.87 bits per heavy atom. The van der Waals surface area contributed by atoms with Gasteiger partial charge < -0.3 is 14.8 Å². The van der Waals surface area contributed by atoms with Crippen molar-refractivity contribution in [1.82, 2.24) is 0 Å². The van der Waals surface area contributed by atoms with Crippen molar-refractivity contribution >= 4 is 22.3 Å². The van der Waals surface area contributed by atoms with Crippen molar-refractivity contribution in [3.63, 3.8) is 0 Å². The number of rotatable bonds is 5. The molecule has 0 aliphatic heterocycles. The number of fused-ring (bicyclic) bond motifs is 1. The van der Waals surface area contributed by atoms with Crippen LogP contribution >= 0.6 is 0 Å². The maximum atomic E-state index is 5.63. The maximum absolute atomic E-state index is 5.63. The monoisotopic (exact) mass is 309 g/mol. The summed E-state index contributed by atoms with van der Waals surface area (Å²) in [7, 11) is 1.68. The van der Waals surface area contributed by atoms with E-state index in [-0.39, 0.29) is 0 Å². The van der Waals surface area contributed by atoms with Crippen LogP contribution in [0.2, 0.25) is 0 Å². The van der Waals surface area contributed by atoms with Crippen LogP contribution in [0.1, 0.15) is 12.6 Å². The highest BCUT2D eigenvalue weighted by atomic mass is 16.5. The van der Waals surface area contributed by atoms with E-state index in [0.29, 0.717) is 6.61 Å². The van der Waals surface area contributed by atoms with Gasteiger partial charge in [0.2, 0.25) is 5.52 Å². The van der Waals surface area contributed by atoms with Gasteiger partial charge in [0.25, 0.3) is 0 Å². The minimum absolute atomic E-state index is 0.649. The van der Waals surface area contributed by atoms with Crippen molar-refractivity contribution in [3.8, 4) is 11.5 Å². The number of nitrogens with one attached hydrogen (secondary N) is 2. The molecule has 0 aliphatic rings. The van der Waals surface area contributed by atoms with Gasteiger partial charge in [0.05, 0.1) is 30.5 Å². The van der Waals surface area contributed by atoms with E-state index in [1.165, 1.54) is 0 Å². The Bertz CT molecular complexity index is 831. The van der Waals surface area contributed by atoms with Crippen molar-refractivity contribution in [2.45, 2.75) is 13.8 Å². The number of hydrogen-bond donors (Lipinski definition) is 1. The average Bonchev–Trinajstić information content (AvgIpc) is 2.56. The second-order valence-corrected chi connectivity index (χ2v) is 5.33. The van der Waals surface area contributed by atoms with Crippen molar-refractivity contribution in [1.29, 1.82) is 0 Å². The van der Waals surface area contributed by atoms with Crippen LogP contribution in [-0.2, 0) is 0 Å². The Morgan fingerprint density at radius 3 is 2.65 bits per heavy atom. The SMILES string of the molecule is CCOc1ccc2[nH+]c(C)cc(Nc3ccccc3OC)c2c1. The first-order chi connectivity index (χ1) is 11.2. The summed E-state index contributed by atoms with van der Waals surface area (Å²) in [6.45, 7) is 4.68. The Morgan fingerprint density at radius 1 is 1.04 bits per heavy atom. The van der Waals surface area contributed by atoms with Gasteiger partial charge in [-0.25, -0.2) is 4.98 Å². The van der Waals surface area contributed by atoms with Gasteiger partial charge in [-0.1, -0.05) is 12.1 Å². The minimum atomic E-state index is 0.649. The minimum Gasteiger partial charge on any atom is -0.495 e. The summed E-state index contributed by atoms with van der Waals surface area (Å²) in [4.78, 5) is 3.39. The van der Waals surface area contributed by atoms with Crippen LogP contribution in [0.4, 0.5) is 11.4 Å². The van der Waals surface area contributed by atoms with Gasteiger partial charge in [-0.05, 0) is 31.2 Å². The zero-order valence-corrected chi connectivity index (χ0v) is 13.6. The van der Waals surface area contributed by atoms with E-state index < -0.39 is 0 Å². The predicted molar refractivity (Wildman–Crippen MR) is 92.7 cm³/mol. The fourth-order valence-electron chi connectivity index (χ4n) is 2.65. The van der Waals surface area contributed by atoms with Crippen LogP contribution in [0.5, 0.6) is 11.5 Å². The summed E-state index contributed by atoms with van der Waals surface area (Å²) in [5, 5.41) is 4.55. The fraction of sp³-hybridized carbons (Fsp3) is 0.211. The number of anilines is 2. The molecule has 0 bridgehead atoms. The van der Waals surface area contributed by atoms with Gasteiger partial charge in [0.1, 0.15) is 11.5 Å². The van der Waals surface area contributed by atoms with E-state index in [1.807, 2.05) is 56.3 Å². The van der Waals surface area contributed by atoms with Crippen molar-refractivity contribution in [2.75, 3.05) is 19.0 Å². The van der Waals surface area contributed by atoms with Crippen LogP contribution in [0, 0.1) is 6.92 Å². The molecule has 0 unspecified atom stereocenters. The molecule has 0 radical (unpaired) electrons. The lowest BCUT2D eigenvalue weighted by molar-refractivity contribution is -0.354. The first-order valence-electron chi connectivity index (χ1n) is 7.71. The number of hydrogen-bond acceptors (Lipinski definition) is 3. The van der Waals surface area contributed by atoms with E-state index in [2.05, 4.69) is 16.4 Å². The molecule has 4 nitrogen and oxygen atoms in total. The molecule has 0 aliphatic carbocycles. The number of ether oxygens (including phenoxy) is 2. The van der Waals surface area contributed by atoms with Crippen LogP contribution in [0.15, 0.2) is 48.5 Å². The molecule has 0 fully saturated rings. The van der Waals surface area contributed by atoms with Gasteiger partial charge in [-0.15, -0.1) is 0 Å². The van der Waals surface area contributed by atoms with Crippen molar-refractivity contribution in [3.05, 3.63) is 54.2 Å². The summed E-state index contributed by atoms with van der Waals surface area (Å²) >= 11 is 0. The third-order valence-corrected chi connectivity index (χ3v) is 3.66. The van der Waals surface area contributed by atoms with Crippen molar-refractivity contribution in [2.24, 2.45) is 0 Å². The highest BCUT2D eigenvalue weighted by molar-refractivity contribution is 5.92. The second-order valence-electron chi connectivity index (χ2n) is 5.33. The molecule has 1 heterocycles. The summed E-state index contributed by atoms with van der Waals surface area (Å²) in [5.41, 5.74) is 4.09. The normalized spacial score (nSPS) is 10.6. The van der Waals surface area contributed by atoms with Gasteiger partial charge in [0, 0.05) is 19.1 Å². The quantitative estimate of drug-likeness (QED) is 0.771. The molecule has 0 spiro atoms. The topological polar surface area (TPSA) is 44.6 Å². The van der Waals surface area contributed by atoms with Gasteiger partial charge in [-0.2, -0.15) is 0 Å². The molecule has 0 amide bonds. The average molecular weight is 309 g/mol. The van der Waals surface area contributed by atoms with Gasteiger partial charge >= 0.3 is 0 Å². The van der Waals surface area contributed by atoms with E-state index >= 15 is 0 Å². The number of pyridine rings is 1. The molecule has 0 saturated carbocycles. The number of aromatic nitrogens is 1. The highest BCUT2D eigenvalue weighted by Gasteiger charge is 2.12. The summed E-state index contributed by atoms with van der Waals surface area (Å²) < 4.78 is 11.1. The second kappa shape index (κ2) is 6.57. The third kappa shape index (κ3) is 3.21. The van der Waals surface area contributed by atoms with E-state index in [1.54, 1.807) is 7.11 Å². The van der Waals surface area contributed by atoms with Crippen LogP contribution < -0.4 is 19.8 Å². The Labute approximate surface area is 136 Å². The summed E-state index contributed by atoms with van der Waals surface area (Å²) in [6, 6.07) is 16.0. The van der Waals surface area contributed by atoms with Gasteiger partial charge in [-0.3, -0.25) is 0 Å². The maximum Gasteiger partial charge on any atom is 0.213 e. The molecule has 0 atom stereocenters. The zero-order valence-electron chi connectivity index (χ0n) is 13.6. The molecule has 1 aromatic heterocycles. The fourth-order valence-corrected chi connectivity index (χ4v) is 2.65. The lowest BCUT2D eigenvalue weighted by Gasteiger charge is -2.12. The lowest BCUT2D eigenvalue weighted by Crippen LogP contribution is -2.10. The molecule has 2 aromatic carbocycles. The largest absolute Gasteiger partial charge is 0.495 e. The van der Waals surface area contributed by atoms with E-state index in [4.69, 9.17) is 9.47 Å². The number of aryl methyl sites for hydroxylation is 1. The van der Waals surface area contributed by atoms with E-state index in [0.717, 1.165) is 39.5 Å². The standard InChI is InChI=1S/C19H20N2O2/c1-4-23-14-9-10-16-15(12-14)18(11-13(2)20-16)21-17-7-5-6-8-19(17)22-3/h5-12H,4H2,1-3H3,(H,20,21)/p+1. The number of para-hydroxylation sites is 2.